The van der Waals surface area contributed by atoms with Crippen LogP contribution in [0.4, 0.5) is 0 Å². The summed E-state index contributed by atoms with van der Waals surface area (Å²) in [6.07, 6.45) is 14.0. The molecule has 2 aliphatic heterocycles. The lowest BCUT2D eigenvalue weighted by Gasteiger charge is -2.60. The Bertz CT molecular complexity index is 1360. The molecule has 12 atom stereocenters. The Balaban J connectivity index is 1.28. The molecule has 12 unspecified atom stereocenters. The van der Waals surface area contributed by atoms with Gasteiger partial charge < -0.3 is 29.9 Å². The average Bonchev–Trinajstić information content (AvgIpc) is 3.64. The zero-order chi connectivity index (χ0) is 33.9. The molecule has 0 radical (unpaired) electrons. The molecule has 0 aromatic heterocycles. The monoisotopic (exact) mass is 652 g/mol. The van der Waals surface area contributed by atoms with Gasteiger partial charge in [-0.1, -0.05) is 58.4 Å². The Hall–Kier alpha value is -2.26. The number of fused-ring (bicyclic) bond motifs is 2. The molecule has 47 heavy (non-hydrogen) atoms. The van der Waals surface area contributed by atoms with Gasteiger partial charge in [0.1, 0.15) is 12.7 Å². The van der Waals surface area contributed by atoms with Crippen LogP contribution < -0.4 is 0 Å². The Morgan fingerprint density at radius 3 is 2.17 bits per heavy atom. The Morgan fingerprint density at radius 2 is 1.55 bits per heavy atom. The molecule has 4 N–H and O–H groups in total. The first-order valence-electron chi connectivity index (χ1n) is 18.0. The highest BCUT2D eigenvalue weighted by atomic mass is 16.6. The zero-order valence-electron chi connectivity index (χ0n) is 28.7. The van der Waals surface area contributed by atoms with Gasteiger partial charge in [0.05, 0.1) is 31.0 Å². The van der Waals surface area contributed by atoms with Crippen LogP contribution in [0.5, 0.6) is 0 Å². The summed E-state index contributed by atoms with van der Waals surface area (Å²) in [7, 11) is 0. The van der Waals surface area contributed by atoms with E-state index >= 15 is 0 Å². The molecule has 4 saturated carbocycles. The van der Waals surface area contributed by atoms with Gasteiger partial charge in [-0.3, -0.25) is 0 Å². The summed E-state index contributed by atoms with van der Waals surface area (Å²) in [5.41, 5.74) is 0.624. The second-order valence-electron chi connectivity index (χ2n) is 16.8. The standard InChI is InChI=1S/C39H56O8/c1-23-9-12-31-37(3,17-14-33(43)39(31,5)22-41)28(23)20-27(26-15-18-46-35(26)45)29-19-24(34(44)47-29)10-11-25-7-6-8-30-36(25,2)16-13-32(42)38(30,4)21-40/h10-11,15,19,25,27-33,40-43H,1,6-9,12-14,16-18,20-22H2,2-5H3/b11-10+. The van der Waals surface area contributed by atoms with Crippen molar-refractivity contribution in [3.05, 3.63) is 47.6 Å². The number of esters is 2. The maximum atomic E-state index is 13.4. The second kappa shape index (κ2) is 12.6. The summed E-state index contributed by atoms with van der Waals surface area (Å²) in [6.45, 7) is 13.1. The van der Waals surface area contributed by atoms with Gasteiger partial charge in [-0.25, -0.2) is 9.59 Å². The van der Waals surface area contributed by atoms with Crippen LogP contribution >= 0.6 is 0 Å². The molecule has 0 aromatic carbocycles. The van der Waals surface area contributed by atoms with Crippen molar-refractivity contribution >= 4 is 11.9 Å². The van der Waals surface area contributed by atoms with Crippen LogP contribution in [0.1, 0.15) is 91.9 Å². The van der Waals surface area contributed by atoms with Crippen molar-refractivity contribution in [3.63, 3.8) is 0 Å². The van der Waals surface area contributed by atoms with Gasteiger partial charge in [-0.15, -0.1) is 0 Å². The minimum absolute atomic E-state index is 0.00669. The van der Waals surface area contributed by atoms with E-state index in [2.05, 4.69) is 26.5 Å². The van der Waals surface area contributed by atoms with E-state index in [4.69, 9.17) is 9.47 Å². The fourth-order valence-corrected chi connectivity index (χ4v) is 11.5. The third-order valence-corrected chi connectivity index (χ3v) is 14.6. The van der Waals surface area contributed by atoms with Crippen molar-refractivity contribution < 1.29 is 39.5 Å². The van der Waals surface area contributed by atoms with E-state index in [-0.39, 0.29) is 60.3 Å². The van der Waals surface area contributed by atoms with Crippen LogP contribution in [-0.4, -0.2) is 70.5 Å². The van der Waals surface area contributed by atoms with Crippen molar-refractivity contribution in [2.75, 3.05) is 19.8 Å². The molecule has 8 nitrogen and oxygen atoms in total. The van der Waals surface area contributed by atoms with E-state index in [9.17, 15) is 30.0 Å². The number of allylic oxidation sites excluding steroid dienone is 2. The number of rotatable bonds is 8. The lowest BCUT2D eigenvalue weighted by atomic mass is 9.45. The number of carbonyl (C=O) groups is 2. The summed E-state index contributed by atoms with van der Waals surface area (Å²) in [6, 6.07) is 0. The Labute approximate surface area is 280 Å². The highest BCUT2D eigenvalue weighted by molar-refractivity contribution is 5.95. The van der Waals surface area contributed by atoms with Gasteiger partial charge >= 0.3 is 11.9 Å². The predicted molar refractivity (Wildman–Crippen MR) is 178 cm³/mol. The SMILES string of the molecule is C=C1CCC2C(C)(CO)C(O)CCC2(C)C1CC(C1=CCOC1=O)C1C=C(/C=C/C2CCCC3C(C)(CO)C(O)CCC23C)C(=O)O1. The number of aliphatic hydroxyl groups excluding tert-OH is 4. The van der Waals surface area contributed by atoms with Crippen LogP contribution in [0.15, 0.2) is 47.6 Å². The van der Waals surface area contributed by atoms with E-state index < -0.39 is 41.0 Å². The summed E-state index contributed by atoms with van der Waals surface area (Å²) in [4.78, 5) is 26.4. The molecule has 4 aliphatic carbocycles. The lowest BCUT2D eigenvalue weighted by molar-refractivity contribution is -0.156. The molecular weight excluding hydrogens is 596 g/mol. The highest BCUT2D eigenvalue weighted by Crippen LogP contribution is 2.63. The number of cyclic esters (lactones) is 2. The first-order chi connectivity index (χ1) is 22.2. The molecule has 4 fully saturated rings. The smallest absolute Gasteiger partial charge is 0.338 e. The van der Waals surface area contributed by atoms with Gasteiger partial charge in [-0.05, 0) is 104 Å². The van der Waals surface area contributed by atoms with Crippen molar-refractivity contribution in [2.24, 2.45) is 51.2 Å². The molecule has 0 spiro atoms. The number of ether oxygens (including phenoxy) is 2. The van der Waals surface area contributed by atoms with Crippen molar-refractivity contribution in [1.82, 2.24) is 0 Å². The predicted octanol–water partition coefficient (Wildman–Crippen LogP) is 5.20. The van der Waals surface area contributed by atoms with E-state index in [1.807, 2.05) is 32.1 Å². The Kier molecular flexibility index (Phi) is 9.25. The van der Waals surface area contributed by atoms with Gasteiger partial charge in [0.2, 0.25) is 0 Å². The normalized spacial score (nSPS) is 46.0. The molecular formula is C39H56O8. The quantitative estimate of drug-likeness (QED) is 0.208. The molecule has 6 aliphatic rings. The fraction of sp³-hybridized carbons (Fsp3) is 0.744. The third kappa shape index (κ3) is 5.50. The van der Waals surface area contributed by atoms with Crippen LogP contribution in [0.2, 0.25) is 0 Å². The van der Waals surface area contributed by atoms with Crippen LogP contribution in [0.25, 0.3) is 0 Å². The van der Waals surface area contributed by atoms with Crippen molar-refractivity contribution in [3.8, 4) is 0 Å². The largest absolute Gasteiger partial charge is 0.458 e. The van der Waals surface area contributed by atoms with E-state index in [0.29, 0.717) is 30.4 Å². The van der Waals surface area contributed by atoms with Crippen LogP contribution in [-0.2, 0) is 19.1 Å². The van der Waals surface area contributed by atoms with Gasteiger partial charge in [0, 0.05) is 22.3 Å². The maximum Gasteiger partial charge on any atom is 0.338 e. The number of aliphatic hydroxyl groups is 4. The van der Waals surface area contributed by atoms with E-state index in [1.165, 1.54) is 0 Å². The van der Waals surface area contributed by atoms with E-state index in [1.54, 1.807) is 0 Å². The summed E-state index contributed by atoms with van der Waals surface area (Å²) in [5, 5.41) is 42.6. The minimum Gasteiger partial charge on any atom is -0.458 e. The molecule has 0 amide bonds. The lowest BCUT2D eigenvalue weighted by Crippen LogP contribution is -2.57. The Morgan fingerprint density at radius 1 is 0.915 bits per heavy atom. The molecule has 2 heterocycles. The topological polar surface area (TPSA) is 134 Å². The summed E-state index contributed by atoms with van der Waals surface area (Å²) < 4.78 is 11.4. The molecule has 0 aromatic rings. The molecule has 8 heteroatoms. The first-order valence-corrected chi connectivity index (χ1v) is 18.0. The second-order valence-corrected chi connectivity index (χ2v) is 16.8. The number of carbonyl (C=O) groups excluding carboxylic acids is 2. The zero-order valence-corrected chi connectivity index (χ0v) is 28.7. The highest BCUT2D eigenvalue weighted by Gasteiger charge is 2.59. The maximum absolute atomic E-state index is 13.4. The summed E-state index contributed by atoms with van der Waals surface area (Å²) in [5.74, 6) is -0.729. The van der Waals surface area contributed by atoms with Crippen LogP contribution in [0.3, 0.4) is 0 Å². The molecule has 6 rings (SSSR count). The molecule has 0 saturated heterocycles. The average molecular weight is 653 g/mol. The third-order valence-electron chi connectivity index (χ3n) is 14.6. The van der Waals surface area contributed by atoms with Crippen LogP contribution in [0, 0.1) is 51.2 Å². The van der Waals surface area contributed by atoms with Gasteiger partial charge in [0.25, 0.3) is 0 Å². The van der Waals surface area contributed by atoms with Gasteiger partial charge in [-0.2, -0.15) is 0 Å². The van der Waals surface area contributed by atoms with Crippen molar-refractivity contribution in [2.45, 2.75) is 110 Å². The molecule has 0 bridgehead atoms. The van der Waals surface area contributed by atoms with E-state index in [0.717, 1.165) is 50.5 Å². The minimum atomic E-state index is -0.633. The fourth-order valence-electron chi connectivity index (χ4n) is 11.5. The number of hydrogen-bond donors (Lipinski definition) is 4. The van der Waals surface area contributed by atoms with Crippen molar-refractivity contribution in [1.29, 1.82) is 0 Å². The summed E-state index contributed by atoms with van der Waals surface area (Å²) >= 11 is 0. The molecule has 260 valence electrons. The first kappa shape index (κ1) is 34.6. The van der Waals surface area contributed by atoms with Gasteiger partial charge in [0.15, 0.2) is 0 Å². The number of hydrogen-bond acceptors (Lipinski definition) is 8.